The number of alkyl halides is 3. The normalized spacial score (nSPS) is 11.2. The van der Waals surface area contributed by atoms with Crippen LogP contribution in [0, 0.1) is 0 Å². The Bertz CT molecular complexity index is 452. The van der Waals surface area contributed by atoms with Crippen LogP contribution in [0.3, 0.4) is 0 Å². The van der Waals surface area contributed by atoms with Crippen molar-refractivity contribution in [1.82, 2.24) is 4.98 Å². The van der Waals surface area contributed by atoms with E-state index in [0.717, 1.165) is 23.9 Å². The topological polar surface area (TPSA) is 51.2 Å². The molecule has 0 aliphatic heterocycles. The monoisotopic (exact) mass is 294 g/mol. The molecule has 0 bridgehead atoms. The van der Waals surface area contributed by atoms with Crippen LogP contribution in [0.25, 0.3) is 0 Å². The Morgan fingerprint density at radius 3 is 2.68 bits per heavy atom. The van der Waals surface area contributed by atoms with Crippen molar-refractivity contribution in [3.63, 3.8) is 0 Å². The summed E-state index contributed by atoms with van der Waals surface area (Å²) in [7, 11) is 1.47. The molecule has 0 aromatic carbocycles. The summed E-state index contributed by atoms with van der Waals surface area (Å²) >= 11 is 0.903. The van der Waals surface area contributed by atoms with Crippen LogP contribution in [-0.2, 0) is 15.7 Å². The molecule has 0 atom stereocenters. The number of anilines is 1. The van der Waals surface area contributed by atoms with E-state index in [9.17, 15) is 18.0 Å². The van der Waals surface area contributed by atoms with Gasteiger partial charge < -0.3 is 10.1 Å². The first-order valence-corrected chi connectivity index (χ1v) is 6.40. The molecule has 19 heavy (non-hydrogen) atoms. The predicted octanol–water partition coefficient (Wildman–Crippen LogP) is 2.80. The third kappa shape index (κ3) is 4.98. The lowest BCUT2D eigenvalue weighted by Crippen LogP contribution is -2.09. The Labute approximate surface area is 112 Å². The van der Waals surface area contributed by atoms with Gasteiger partial charge in [0, 0.05) is 7.05 Å². The molecule has 106 valence electrons. The van der Waals surface area contributed by atoms with Gasteiger partial charge in [0.25, 0.3) is 0 Å². The second kappa shape index (κ2) is 6.65. The van der Waals surface area contributed by atoms with Crippen molar-refractivity contribution in [2.24, 2.45) is 0 Å². The lowest BCUT2D eigenvalue weighted by molar-refractivity contribution is -0.140. The fourth-order valence-corrected chi connectivity index (χ4v) is 1.93. The Morgan fingerprint density at radius 1 is 1.47 bits per heavy atom. The van der Waals surface area contributed by atoms with Crippen molar-refractivity contribution < 1.29 is 22.7 Å². The molecular weight excluding hydrogens is 281 g/mol. The second-order valence-corrected chi connectivity index (χ2v) is 4.42. The van der Waals surface area contributed by atoms with E-state index in [-0.39, 0.29) is 23.2 Å². The number of halogens is 3. The Kier molecular flexibility index (Phi) is 5.46. The number of hydrogen-bond acceptors (Lipinski definition) is 5. The number of carbonyl (C=O) groups is 1. The molecule has 0 aliphatic rings. The van der Waals surface area contributed by atoms with Gasteiger partial charge in [-0.05, 0) is 19.1 Å². The molecule has 8 heteroatoms. The highest BCUT2D eigenvalue weighted by molar-refractivity contribution is 7.99. The first-order valence-electron chi connectivity index (χ1n) is 5.42. The van der Waals surface area contributed by atoms with Gasteiger partial charge in [-0.1, -0.05) is 11.8 Å². The molecule has 0 saturated carbocycles. The van der Waals surface area contributed by atoms with E-state index in [1.54, 1.807) is 6.92 Å². The maximum atomic E-state index is 12.6. The molecule has 4 nitrogen and oxygen atoms in total. The summed E-state index contributed by atoms with van der Waals surface area (Å²) in [6.45, 7) is 1.89. The molecule has 1 N–H and O–H groups in total. The number of pyridine rings is 1. The van der Waals surface area contributed by atoms with Crippen molar-refractivity contribution in [1.29, 1.82) is 0 Å². The van der Waals surface area contributed by atoms with Gasteiger partial charge in [-0.3, -0.25) is 4.79 Å². The molecule has 1 aromatic rings. The minimum atomic E-state index is -4.45. The van der Waals surface area contributed by atoms with Crippen LogP contribution in [-0.4, -0.2) is 30.4 Å². The molecule has 1 heterocycles. The standard InChI is InChI=1S/C11H13F3N2O2S/c1-3-18-10(17)6-19-9-5-7(11(12,13)14)4-8(15-2)16-9/h4-5H,3,6H2,1-2H3,(H,15,16). The van der Waals surface area contributed by atoms with Gasteiger partial charge in [0.15, 0.2) is 0 Å². The zero-order valence-electron chi connectivity index (χ0n) is 10.4. The van der Waals surface area contributed by atoms with Crippen molar-refractivity contribution >= 4 is 23.5 Å². The molecule has 0 saturated heterocycles. The first kappa shape index (κ1) is 15.6. The molecule has 0 aliphatic carbocycles. The summed E-state index contributed by atoms with van der Waals surface area (Å²) in [5.74, 6) is -0.468. The number of carbonyl (C=O) groups excluding carboxylic acids is 1. The first-order chi connectivity index (χ1) is 8.86. The number of nitrogens with one attached hydrogen (secondary N) is 1. The Hall–Kier alpha value is -1.44. The minimum absolute atomic E-state index is 0.0781. The average Bonchev–Trinajstić information content (AvgIpc) is 2.35. The zero-order valence-corrected chi connectivity index (χ0v) is 11.2. The third-order valence-electron chi connectivity index (χ3n) is 2.03. The number of ether oxygens (including phenoxy) is 1. The highest BCUT2D eigenvalue weighted by atomic mass is 32.2. The maximum absolute atomic E-state index is 12.6. The van der Waals surface area contributed by atoms with Gasteiger partial charge in [0.05, 0.1) is 22.9 Å². The number of hydrogen-bond donors (Lipinski definition) is 1. The molecule has 1 rings (SSSR count). The Balaban J connectivity index is 2.86. The molecule has 1 aromatic heterocycles. The largest absolute Gasteiger partial charge is 0.465 e. The quantitative estimate of drug-likeness (QED) is 0.668. The van der Waals surface area contributed by atoms with Crippen molar-refractivity contribution in [3.05, 3.63) is 17.7 Å². The molecule has 0 unspecified atom stereocenters. The van der Waals surface area contributed by atoms with E-state index in [2.05, 4.69) is 10.3 Å². The summed E-state index contributed by atoms with van der Waals surface area (Å²) in [5, 5.41) is 2.67. The van der Waals surface area contributed by atoms with Gasteiger partial charge >= 0.3 is 12.1 Å². The van der Waals surface area contributed by atoms with E-state index in [1.807, 2.05) is 0 Å². The van der Waals surface area contributed by atoms with Crippen molar-refractivity contribution in [2.45, 2.75) is 18.1 Å². The lowest BCUT2D eigenvalue weighted by atomic mass is 10.2. The van der Waals surface area contributed by atoms with Crippen LogP contribution in [0.5, 0.6) is 0 Å². The van der Waals surface area contributed by atoms with E-state index in [4.69, 9.17) is 4.74 Å². The highest BCUT2D eigenvalue weighted by Gasteiger charge is 2.31. The third-order valence-corrected chi connectivity index (χ3v) is 2.91. The van der Waals surface area contributed by atoms with Crippen LogP contribution in [0.4, 0.5) is 19.0 Å². The number of nitrogens with zero attached hydrogens (tertiary/aromatic N) is 1. The fourth-order valence-electron chi connectivity index (χ4n) is 1.21. The van der Waals surface area contributed by atoms with E-state index in [1.165, 1.54) is 7.05 Å². The van der Waals surface area contributed by atoms with Gasteiger partial charge in [-0.25, -0.2) is 4.98 Å². The summed E-state index contributed by atoms with van der Waals surface area (Å²) in [6, 6.07) is 1.82. The van der Waals surface area contributed by atoms with Crippen LogP contribution in [0.2, 0.25) is 0 Å². The second-order valence-electron chi connectivity index (χ2n) is 3.42. The van der Waals surface area contributed by atoms with Crippen LogP contribution in [0.15, 0.2) is 17.2 Å². The molecule has 0 amide bonds. The number of thioether (sulfide) groups is 1. The van der Waals surface area contributed by atoms with E-state index in [0.29, 0.717) is 0 Å². The van der Waals surface area contributed by atoms with E-state index < -0.39 is 17.7 Å². The van der Waals surface area contributed by atoms with E-state index >= 15 is 0 Å². The number of aromatic nitrogens is 1. The summed E-state index contributed by atoms with van der Waals surface area (Å²) in [6.07, 6.45) is -4.45. The van der Waals surface area contributed by atoms with Crippen LogP contribution < -0.4 is 5.32 Å². The summed E-state index contributed by atoms with van der Waals surface area (Å²) in [5.41, 5.74) is -0.807. The predicted molar refractivity (Wildman–Crippen MR) is 66.1 cm³/mol. The van der Waals surface area contributed by atoms with Crippen LogP contribution >= 0.6 is 11.8 Å². The zero-order chi connectivity index (χ0) is 14.5. The molecule has 0 fully saturated rings. The fraction of sp³-hybridized carbons (Fsp3) is 0.455. The lowest BCUT2D eigenvalue weighted by Gasteiger charge is -2.10. The molecular formula is C11H13F3N2O2S. The number of rotatable bonds is 5. The average molecular weight is 294 g/mol. The summed E-state index contributed by atoms with van der Waals surface area (Å²) in [4.78, 5) is 15.1. The smallest absolute Gasteiger partial charge is 0.416 e. The molecule has 0 spiro atoms. The Morgan fingerprint density at radius 2 is 2.16 bits per heavy atom. The van der Waals surface area contributed by atoms with Gasteiger partial charge in [-0.15, -0.1) is 0 Å². The highest BCUT2D eigenvalue weighted by Crippen LogP contribution is 2.32. The SMILES string of the molecule is CCOC(=O)CSc1cc(C(F)(F)F)cc(NC)n1. The molecule has 0 radical (unpaired) electrons. The summed E-state index contributed by atoms with van der Waals surface area (Å²) < 4.78 is 42.6. The van der Waals surface area contributed by atoms with Crippen molar-refractivity contribution in [3.8, 4) is 0 Å². The van der Waals surface area contributed by atoms with Gasteiger partial charge in [-0.2, -0.15) is 13.2 Å². The maximum Gasteiger partial charge on any atom is 0.416 e. The van der Waals surface area contributed by atoms with Crippen molar-refractivity contribution in [2.75, 3.05) is 24.7 Å². The van der Waals surface area contributed by atoms with Gasteiger partial charge in [0.2, 0.25) is 0 Å². The minimum Gasteiger partial charge on any atom is -0.465 e. The van der Waals surface area contributed by atoms with Crippen LogP contribution in [0.1, 0.15) is 12.5 Å². The van der Waals surface area contributed by atoms with Gasteiger partial charge in [0.1, 0.15) is 5.82 Å². The number of esters is 1.